The molecule has 3 N–H and O–H groups in total. The number of rotatable bonds is 8. The number of morpholine rings is 1. The van der Waals surface area contributed by atoms with Crippen molar-refractivity contribution in [3.05, 3.63) is 75.3 Å². The van der Waals surface area contributed by atoms with Crippen molar-refractivity contribution in [3.63, 3.8) is 0 Å². The molecule has 0 radical (unpaired) electrons. The first kappa shape index (κ1) is 23.9. The summed E-state index contributed by atoms with van der Waals surface area (Å²) in [5.41, 5.74) is 8.18. The second kappa shape index (κ2) is 10.8. The Morgan fingerprint density at radius 3 is 2.68 bits per heavy atom. The molecular weight excluding hydrogens is 435 g/mol. The summed E-state index contributed by atoms with van der Waals surface area (Å²) in [5, 5.41) is 3.04. The Labute approximate surface area is 198 Å². The fraction of sp³-hybridized carbons (Fsp3) is 0.385. The maximum absolute atomic E-state index is 15.1. The standard InChI is InChI=1S/C26H31FN4O3/c1-2-3-7-31-17-21(26(33)29-16-19-6-4-5-18(12-19)15-28)25(32)20-13-22(27)24(14-23(20)31)30-8-10-34-11-9-30/h4-6,12-14,17H,2-3,7-11,15-16,28H2,1H3,(H,29,33). The number of amides is 1. The molecule has 1 saturated heterocycles. The van der Waals surface area contributed by atoms with Crippen LogP contribution >= 0.6 is 0 Å². The maximum Gasteiger partial charge on any atom is 0.257 e. The van der Waals surface area contributed by atoms with Crippen LogP contribution < -0.4 is 21.4 Å². The zero-order chi connectivity index (χ0) is 24.1. The molecule has 1 aliphatic rings. The summed E-state index contributed by atoms with van der Waals surface area (Å²) in [5.74, 6) is -0.947. The van der Waals surface area contributed by atoms with Gasteiger partial charge in [-0.05, 0) is 29.7 Å². The Hall–Kier alpha value is -3.23. The Kier molecular flexibility index (Phi) is 7.59. The van der Waals surface area contributed by atoms with E-state index < -0.39 is 17.2 Å². The molecule has 1 aliphatic heterocycles. The molecular formula is C26H31FN4O3. The summed E-state index contributed by atoms with van der Waals surface area (Å²) in [6.45, 7) is 5.63. The minimum Gasteiger partial charge on any atom is -0.378 e. The lowest BCUT2D eigenvalue weighted by atomic mass is 10.1. The number of aromatic nitrogens is 1. The van der Waals surface area contributed by atoms with Crippen molar-refractivity contribution in [2.75, 3.05) is 31.2 Å². The van der Waals surface area contributed by atoms with Crippen LogP contribution in [0.4, 0.5) is 10.1 Å². The number of nitrogens with zero attached hydrogens (tertiary/aromatic N) is 2. The van der Waals surface area contributed by atoms with E-state index >= 15 is 4.39 Å². The van der Waals surface area contributed by atoms with Gasteiger partial charge < -0.3 is 25.3 Å². The van der Waals surface area contributed by atoms with Gasteiger partial charge >= 0.3 is 0 Å². The van der Waals surface area contributed by atoms with E-state index in [1.54, 1.807) is 12.3 Å². The van der Waals surface area contributed by atoms with E-state index in [4.69, 9.17) is 10.5 Å². The van der Waals surface area contributed by atoms with E-state index in [1.165, 1.54) is 6.07 Å². The molecule has 180 valence electrons. The van der Waals surface area contributed by atoms with Crippen molar-refractivity contribution in [1.82, 2.24) is 9.88 Å². The van der Waals surface area contributed by atoms with Crippen molar-refractivity contribution in [3.8, 4) is 0 Å². The second-order valence-corrected chi connectivity index (χ2v) is 8.55. The lowest BCUT2D eigenvalue weighted by Crippen LogP contribution is -2.37. The van der Waals surface area contributed by atoms with Crippen LogP contribution in [-0.2, 0) is 24.4 Å². The number of nitrogens with one attached hydrogen (secondary N) is 1. The van der Waals surface area contributed by atoms with Crippen LogP contribution in [0.15, 0.2) is 47.4 Å². The predicted octanol–water partition coefficient (Wildman–Crippen LogP) is 3.17. The Morgan fingerprint density at radius 2 is 1.94 bits per heavy atom. The van der Waals surface area contributed by atoms with Crippen molar-refractivity contribution < 1.29 is 13.9 Å². The van der Waals surface area contributed by atoms with Crippen LogP contribution in [0, 0.1) is 5.82 Å². The number of fused-ring (bicyclic) bond motifs is 1. The van der Waals surface area contributed by atoms with Gasteiger partial charge in [0.05, 0.1) is 24.4 Å². The zero-order valence-corrected chi connectivity index (χ0v) is 19.5. The largest absolute Gasteiger partial charge is 0.378 e. The molecule has 0 aliphatic carbocycles. The number of benzene rings is 2. The highest BCUT2D eigenvalue weighted by Crippen LogP contribution is 2.26. The minimum atomic E-state index is -0.479. The van der Waals surface area contributed by atoms with Crippen LogP contribution in [0.1, 0.15) is 41.3 Å². The first-order valence-corrected chi connectivity index (χ1v) is 11.8. The van der Waals surface area contributed by atoms with Crippen LogP contribution in [-0.4, -0.2) is 36.8 Å². The van der Waals surface area contributed by atoms with Gasteiger partial charge in [0.2, 0.25) is 5.43 Å². The molecule has 0 atom stereocenters. The van der Waals surface area contributed by atoms with Crippen molar-refractivity contribution in [2.45, 2.75) is 39.4 Å². The van der Waals surface area contributed by atoms with Crippen LogP contribution in [0.5, 0.6) is 0 Å². The topological polar surface area (TPSA) is 89.6 Å². The molecule has 1 fully saturated rings. The highest BCUT2D eigenvalue weighted by atomic mass is 19.1. The van der Waals surface area contributed by atoms with Crippen molar-refractivity contribution in [2.24, 2.45) is 5.73 Å². The predicted molar refractivity (Wildman–Crippen MR) is 132 cm³/mol. The van der Waals surface area contributed by atoms with Crippen LogP contribution in [0.25, 0.3) is 10.9 Å². The maximum atomic E-state index is 15.1. The number of halogens is 1. The number of nitrogens with two attached hydrogens (primary N) is 1. The van der Waals surface area contributed by atoms with Crippen LogP contribution in [0.3, 0.4) is 0 Å². The molecule has 0 unspecified atom stereocenters. The van der Waals surface area contributed by atoms with E-state index in [9.17, 15) is 9.59 Å². The lowest BCUT2D eigenvalue weighted by Gasteiger charge is -2.29. The van der Waals surface area contributed by atoms with Gasteiger partial charge in [-0.25, -0.2) is 4.39 Å². The third-order valence-electron chi connectivity index (χ3n) is 6.18. The number of anilines is 1. The van der Waals surface area contributed by atoms with E-state index in [2.05, 4.69) is 12.2 Å². The number of hydrogen-bond donors (Lipinski definition) is 2. The molecule has 4 rings (SSSR count). The number of carbonyl (C=O) groups is 1. The average Bonchev–Trinajstić information content (AvgIpc) is 2.87. The highest BCUT2D eigenvalue weighted by Gasteiger charge is 2.21. The number of unbranched alkanes of at least 4 members (excludes halogenated alkanes) is 1. The Bertz CT molecular complexity index is 1230. The average molecular weight is 467 g/mol. The summed E-state index contributed by atoms with van der Waals surface area (Å²) < 4.78 is 22.4. The second-order valence-electron chi connectivity index (χ2n) is 8.55. The number of aryl methyl sites for hydroxylation is 1. The Balaban J connectivity index is 1.69. The summed E-state index contributed by atoms with van der Waals surface area (Å²) in [6.07, 6.45) is 3.42. The van der Waals surface area contributed by atoms with E-state index in [0.29, 0.717) is 50.6 Å². The van der Waals surface area contributed by atoms with Crippen molar-refractivity contribution >= 4 is 22.5 Å². The molecule has 2 heterocycles. The molecule has 3 aromatic rings. The summed E-state index contributed by atoms with van der Waals surface area (Å²) in [7, 11) is 0. The molecule has 8 heteroatoms. The molecule has 1 aromatic heterocycles. The van der Waals surface area contributed by atoms with Gasteiger partial charge in [-0.1, -0.05) is 37.6 Å². The molecule has 7 nitrogen and oxygen atoms in total. The number of ether oxygens (including phenoxy) is 1. The van der Waals surface area contributed by atoms with Gasteiger partial charge in [-0.15, -0.1) is 0 Å². The van der Waals surface area contributed by atoms with Crippen LogP contribution in [0.2, 0.25) is 0 Å². The molecule has 0 saturated carbocycles. The fourth-order valence-electron chi connectivity index (χ4n) is 4.27. The number of carbonyl (C=O) groups excluding carboxylic acids is 1. The van der Waals surface area contributed by atoms with Gasteiger partial charge in [-0.3, -0.25) is 9.59 Å². The third kappa shape index (κ3) is 5.13. The normalized spacial score (nSPS) is 13.9. The number of hydrogen-bond acceptors (Lipinski definition) is 5. The molecule has 2 aromatic carbocycles. The van der Waals surface area contributed by atoms with E-state index in [0.717, 1.165) is 24.0 Å². The smallest absolute Gasteiger partial charge is 0.257 e. The SMILES string of the molecule is CCCCn1cc(C(=O)NCc2cccc(CN)c2)c(=O)c2cc(F)c(N3CCOCC3)cc21. The van der Waals surface area contributed by atoms with Crippen molar-refractivity contribution in [1.29, 1.82) is 0 Å². The van der Waals surface area contributed by atoms with Gasteiger partial charge in [0.1, 0.15) is 11.4 Å². The summed E-state index contributed by atoms with van der Waals surface area (Å²) >= 11 is 0. The minimum absolute atomic E-state index is 0.0112. The molecule has 0 bridgehead atoms. The van der Waals surface area contributed by atoms with Gasteiger partial charge in [0.25, 0.3) is 5.91 Å². The highest BCUT2D eigenvalue weighted by molar-refractivity contribution is 5.97. The fourth-order valence-corrected chi connectivity index (χ4v) is 4.27. The monoisotopic (exact) mass is 466 g/mol. The lowest BCUT2D eigenvalue weighted by molar-refractivity contribution is 0.0949. The van der Waals surface area contributed by atoms with Gasteiger partial charge in [0, 0.05) is 44.3 Å². The van der Waals surface area contributed by atoms with Gasteiger partial charge in [0.15, 0.2) is 0 Å². The summed E-state index contributed by atoms with van der Waals surface area (Å²) in [4.78, 5) is 28.2. The summed E-state index contributed by atoms with van der Waals surface area (Å²) in [6, 6.07) is 10.6. The molecule has 0 spiro atoms. The molecule has 34 heavy (non-hydrogen) atoms. The zero-order valence-electron chi connectivity index (χ0n) is 19.5. The first-order valence-electron chi connectivity index (χ1n) is 11.8. The Morgan fingerprint density at radius 1 is 1.18 bits per heavy atom. The van der Waals surface area contributed by atoms with E-state index in [1.807, 2.05) is 33.7 Å². The first-order chi connectivity index (χ1) is 16.5. The molecule has 1 amide bonds. The van der Waals surface area contributed by atoms with Gasteiger partial charge in [-0.2, -0.15) is 0 Å². The number of pyridine rings is 1. The third-order valence-corrected chi connectivity index (χ3v) is 6.18. The van der Waals surface area contributed by atoms with E-state index in [-0.39, 0.29) is 17.5 Å². The quantitative estimate of drug-likeness (QED) is 0.532.